The lowest BCUT2D eigenvalue weighted by Gasteiger charge is -2.23. The quantitative estimate of drug-likeness (QED) is 0.788. The molecule has 0 radical (unpaired) electrons. The van der Waals surface area contributed by atoms with E-state index in [1.807, 2.05) is 0 Å². The number of nitrogens with zero attached hydrogens (tertiary/aromatic N) is 1. The summed E-state index contributed by atoms with van der Waals surface area (Å²) >= 11 is 5.89. The molecule has 144 valence electrons. The third-order valence-electron chi connectivity index (χ3n) is 5.01. The van der Waals surface area contributed by atoms with E-state index in [0.29, 0.717) is 10.6 Å². The van der Waals surface area contributed by atoms with Gasteiger partial charge in [0.05, 0.1) is 4.90 Å². The molecule has 5 nitrogen and oxygen atoms in total. The van der Waals surface area contributed by atoms with Gasteiger partial charge in [0, 0.05) is 29.9 Å². The lowest BCUT2D eigenvalue weighted by Crippen LogP contribution is -2.36. The number of benzene rings is 1. The second-order valence-corrected chi connectivity index (χ2v) is 9.42. The molecule has 1 aromatic heterocycles. The number of carbonyl (C=O) groups excluding carboxylic acids is 1. The summed E-state index contributed by atoms with van der Waals surface area (Å²) in [6.07, 6.45) is 8.12. The molecule has 1 heterocycles. The van der Waals surface area contributed by atoms with Gasteiger partial charge in [-0.15, -0.1) is 0 Å². The Balaban J connectivity index is 1.83. The van der Waals surface area contributed by atoms with Crippen molar-refractivity contribution in [3.8, 4) is 0 Å². The van der Waals surface area contributed by atoms with Crippen LogP contribution in [0.3, 0.4) is 0 Å². The number of hydrogen-bond donors (Lipinski definition) is 1. The minimum absolute atomic E-state index is 0.0198. The van der Waals surface area contributed by atoms with Crippen LogP contribution in [0.25, 0.3) is 0 Å². The van der Waals surface area contributed by atoms with Gasteiger partial charge < -0.3 is 5.32 Å². The standard InChI is InChI=1S/C20H23ClN2O3S/c21-17-8-10-18(11-9-17)27(25,26)19(16-7-4-12-22-13-16)14-23-20(24)15-5-2-1-3-6-15/h4,7-13,15,19H,1-3,5-6,14H2,(H,23,24). The fourth-order valence-electron chi connectivity index (χ4n) is 3.46. The molecule has 1 aliphatic rings. The van der Waals surface area contributed by atoms with Crippen LogP contribution in [-0.2, 0) is 14.6 Å². The molecule has 1 saturated carbocycles. The molecular weight excluding hydrogens is 384 g/mol. The number of carbonyl (C=O) groups is 1. The molecule has 1 unspecified atom stereocenters. The van der Waals surface area contributed by atoms with Crippen molar-refractivity contribution in [2.24, 2.45) is 5.92 Å². The van der Waals surface area contributed by atoms with Crippen LogP contribution in [0.5, 0.6) is 0 Å². The highest BCUT2D eigenvalue weighted by Crippen LogP contribution is 2.29. The Morgan fingerprint density at radius 3 is 2.48 bits per heavy atom. The number of aromatic nitrogens is 1. The third-order valence-corrected chi connectivity index (χ3v) is 7.38. The number of nitrogens with one attached hydrogen (secondary N) is 1. The van der Waals surface area contributed by atoms with Crippen molar-refractivity contribution in [3.63, 3.8) is 0 Å². The number of halogens is 1. The van der Waals surface area contributed by atoms with Gasteiger partial charge in [0.15, 0.2) is 9.84 Å². The molecule has 0 aliphatic heterocycles. The highest BCUT2D eigenvalue weighted by atomic mass is 35.5. The van der Waals surface area contributed by atoms with Gasteiger partial charge >= 0.3 is 0 Å². The first kappa shape index (κ1) is 19.8. The number of sulfone groups is 1. The normalized spacial score (nSPS) is 16.6. The maximum Gasteiger partial charge on any atom is 0.223 e. The Morgan fingerprint density at radius 1 is 1.15 bits per heavy atom. The van der Waals surface area contributed by atoms with Crippen molar-refractivity contribution in [3.05, 3.63) is 59.4 Å². The van der Waals surface area contributed by atoms with Crippen LogP contribution < -0.4 is 5.32 Å². The zero-order chi connectivity index (χ0) is 19.3. The van der Waals surface area contributed by atoms with Gasteiger partial charge in [0.2, 0.25) is 5.91 Å². The van der Waals surface area contributed by atoms with Crippen LogP contribution >= 0.6 is 11.6 Å². The Labute approximate surface area is 165 Å². The van der Waals surface area contributed by atoms with E-state index in [0.717, 1.165) is 32.1 Å². The molecule has 1 atom stereocenters. The number of hydrogen-bond acceptors (Lipinski definition) is 4. The van der Waals surface area contributed by atoms with Crippen LogP contribution in [0.2, 0.25) is 5.02 Å². The summed E-state index contributed by atoms with van der Waals surface area (Å²) in [6.45, 7) is 0.0198. The molecule has 1 aromatic carbocycles. The Bertz CT molecular complexity index is 864. The molecule has 1 N–H and O–H groups in total. The van der Waals surface area contributed by atoms with Gasteiger partial charge in [0.1, 0.15) is 5.25 Å². The van der Waals surface area contributed by atoms with Gasteiger partial charge in [-0.3, -0.25) is 9.78 Å². The van der Waals surface area contributed by atoms with Crippen LogP contribution in [0.1, 0.15) is 42.9 Å². The third kappa shape index (κ3) is 4.87. The molecule has 1 fully saturated rings. The second kappa shape index (κ2) is 8.85. The molecule has 3 rings (SSSR count). The van der Waals surface area contributed by atoms with Crippen molar-refractivity contribution in [1.29, 1.82) is 0 Å². The summed E-state index contributed by atoms with van der Waals surface area (Å²) in [5, 5.41) is 2.43. The van der Waals surface area contributed by atoms with Crippen molar-refractivity contribution >= 4 is 27.3 Å². The fourth-order valence-corrected chi connectivity index (χ4v) is 5.23. The zero-order valence-corrected chi connectivity index (χ0v) is 16.5. The van der Waals surface area contributed by atoms with Gasteiger partial charge in [-0.25, -0.2) is 8.42 Å². The lowest BCUT2D eigenvalue weighted by atomic mass is 9.88. The largest absolute Gasteiger partial charge is 0.354 e. The average Bonchev–Trinajstić information content (AvgIpc) is 2.69. The van der Waals surface area contributed by atoms with E-state index in [1.165, 1.54) is 18.3 Å². The van der Waals surface area contributed by atoms with E-state index in [2.05, 4.69) is 10.3 Å². The maximum absolute atomic E-state index is 13.2. The van der Waals surface area contributed by atoms with Gasteiger partial charge in [-0.1, -0.05) is 36.9 Å². The molecule has 1 aliphatic carbocycles. The van der Waals surface area contributed by atoms with E-state index >= 15 is 0 Å². The highest BCUT2D eigenvalue weighted by molar-refractivity contribution is 7.91. The van der Waals surface area contributed by atoms with Gasteiger partial charge in [-0.05, 0) is 48.7 Å². The first-order chi connectivity index (χ1) is 13.0. The Hall–Kier alpha value is -1.92. The Kier molecular flexibility index (Phi) is 6.50. The smallest absolute Gasteiger partial charge is 0.223 e. The zero-order valence-electron chi connectivity index (χ0n) is 15.0. The summed E-state index contributed by atoms with van der Waals surface area (Å²) in [5.41, 5.74) is 0.552. The second-order valence-electron chi connectivity index (χ2n) is 6.85. The van der Waals surface area contributed by atoms with Crippen molar-refractivity contribution in [2.45, 2.75) is 42.2 Å². The summed E-state index contributed by atoms with van der Waals surface area (Å²) in [6, 6.07) is 9.50. The topological polar surface area (TPSA) is 76.1 Å². The summed E-state index contributed by atoms with van der Waals surface area (Å²) in [4.78, 5) is 16.7. The van der Waals surface area contributed by atoms with E-state index in [1.54, 1.807) is 30.5 Å². The molecule has 1 amide bonds. The minimum atomic E-state index is -3.71. The molecule has 27 heavy (non-hydrogen) atoms. The van der Waals surface area contributed by atoms with Gasteiger partial charge in [0.25, 0.3) is 0 Å². The molecule has 2 aromatic rings. The van der Waals surface area contributed by atoms with Crippen molar-refractivity contribution in [2.75, 3.05) is 6.54 Å². The predicted molar refractivity (Wildman–Crippen MR) is 105 cm³/mol. The van der Waals surface area contributed by atoms with Gasteiger partial charge in [-0.2, -0.15) is 0 Å². The average molecular weight is 407 g/mol. The molecule has 7 heteroatoms. The number of pyridine rings is 1. The predicted octanol–water partition coefficient (Wildman–Crippen LogP) is 3.95. The van der Waals surface area contributed by atoms with Crippen LogP contribution in [0, 0.1) is 5.92 Å². The minimum Gasteiger partial charge on any atom is -0.354 e. The van der Waals surface area contributed by atoms with Crippen molar-refractivity contribution in [1.82, 2.24) is 10.3 Å². The molecule has 0 bridgehead atoms. The maximum atomic E-state index is 13.2. The SMILES string of the molecule is O=C(NCC(c1cccnc1)S(=O)(=O)c1ccc(Cl)cc1)C1CCCCC1. The monoisotopic (exact) mass is 406 g/mol. The van der Waals surface area contributed by atoms with E-state index in [4.69, 9.17) is 11.6 Å². The summed E-state index contributed by atoms with van der Waals surface area (Å²) < 4.78 is 26.4. The lowest BCUT2D eigenvalue weighted by molar-refractivity contribution is -0.125. The molecular formula is C20H23ClN2O3S. The number of rotatable bonds is 6. The van der Waals surface area contributed by atoms with Crippen LogP contribution in [-0.4, -0.2) is 25.9 Å². The van der Waals surface area contributed by atoms with Crippen LogP contribution in [0.15, 0.2) is 53.7 Å². The van der Waals surface area contributed by atoms with Crippen molar-refractivity contribution < 1.29 is 13.2 Å². The van der Waals surface area contributed by atoms with E-state index < -0.39 is 15.1 Å². The van der Waals surface area contributed by atoms with E-state index in [-0.39, 0.29) is 23.3 Å². The number of amides is 1. The Morgan fingerprint density at radius 2 is 1.85 bits per heavy atom. The first-order valence-corrected chi connectivity index (χ1v) is 11.1. The van der Waals surface area contributed by atoms with E-state index in [9.17, 15) is 13.2 Å². The summed E-state index contributed by atoms with van der Waals surface area (Å²) in [5.74, 6) is -0.0820. The first-order valence-electron chi connectivity index (χ1n) is 9.15. The molecule has 0 saturated heterocycles. The molecule has 0 spiro atoms. The highest BCUT2D eigenvalue weighted by Gasteiger charge is 2.31. The summed E-state index contributed by atoms with van der Waals surface area (Å²) in [7, 11) is -3.71. The fraction of sp³-hybridized carbons (Fsp3) is 0.400. The van der Waals surface area contributed by atoms with Crippen LogP contribution in [0.4, 0.5) is 0 Å².